The van der Waals surface area contributed by atoms with Crippen LogP contribution in [0.2, 0.25) is 0 Å². The molecule has 2 bridgehead atoms. The Hall–Kier alpha value is -2.52. The Morgan fingerprint density at radius 3 is 2.63 bits per heavy atom. The van der Waals surface area contributed by atoms with Crippen molar-refractivity contribution in [3.63, 3.8) is 0 Å². The highest BCUT2D eigenvalue weighted by molar-refractivity contribution is 5.75. The van der Waals surface area contributed by atoms with Crippen LogP contribution in [0.4, 0.5) is 13.6 Å². The molecule has 2 amide bonds. The Kier molecular flexibility index (Phi) is 3.38. The molecule has 1 spiro atoms. The highest BCUT2D eigenvalue weighted by Gasteiger charge is 2.74. The van der Waals surface area contributed by atoms with Crippen molar-refractivity contribution in [2.75, 3.05) is 7.11 Å². The van der Waals surface area contributed by atoms with Crippen LogP contribution in [0.1, 0.15) is 37.9 Å². The minimum Gasteiger partial charge on any atom is -0.480 e. The summed E-state index contributed by atoms with van der Waals surface area (Å²) in [4.78, 5) is 14.5. The summed E-state index contributed by atoms with van der Waals surface area (Å²) in [6.07, 6.45) is 2.36. The van der Waals surface area contributed by atoms with Gasteiger partial charge in [-0.25, -0.2) is 13.6 Å². The van der Waals surface area contributed by atoms with Gasteiger partial charge < -0.3 is 15.0 Å². The summed E-state index contributed by atoms with van der Waals surface area (Å²) in [7, 11) is 1.52. The van der Waals surface area contributed by atoms with Crippen LogP contribution in [0.5, 0.6) is 5.88 Å². The summed E-state index contributed by atoms with van der Waals surface area (Å²) in [6, 6.07) is 2.96. The number of urea groups is 1. The number of rotatable bonds is 3. The molecule has 2 unspecified atom stereocenters. The van der Waals surface area contributed by atoms with E-state index in [4.69, 9.17) is 4.74 Å². The van der Waals surface area contributed by atoms with E-state index in [-0.39, 0.29) is 31.1 Å². The summed E-state index contributed by atoms with van der Waals surface area (Å²) < 4.78 is 34.1. The molecule has 2 saturated heterocycles. The Morgan fingerprint density at radius 1 is 1.30 bits per heavy atom. The molecule has 144 valence electrons. The van der Waals surface area contributed by atoms with Crippen LogP contribution < -0.4 is 10.1 Å². The second kappa shape index (κ2) is 5.49. The van der Waals surface area contributed by atoms with Crippen molar-refractivity contribution < 1.29 is 18.3 Å². The van der Waals surface area contributed by atoms with Gasteiger partial charge in [-0.3, -0.25) is 0 Å². The number of amides is 2. The number of nitrogens with one attached hydrogen (secondary N) is 1. The molecule has 3 fully saturated rings. The summed E-state index contributed by atoms with van der Waals surface area (Å²) in [5.74, 6) is -1.66. The molecule has 0 radical (unpaired) electrons. The lowest BCUT2D eigenvalue weighted by atomic mass is 9.87. The number of alkyl halides is 2. The topological polar surface area (TPSA) is 84.7 Å². The van der Waals surface area contributed by atoms with Crippen LogP contribution in [0, 0.1) is 5.41 Å². The van der Waals surface area contributed by atoms with Crippen molar-refractivity contribution in [1.82, 2.24) is 30.0 Å². The van der Waals surface area contributed by atoms with E-state index in [1.54, 1.807) is 17.0 Å². The molecule has 2 aromatic heterocycles. The predicted octanol–water partition coefficient (Wildman–Crippen LogP) is 1.99. The van der Waals surface area contributed by atoms with Crippen molar-refractivity contribution in [2.24, 2.45) is 5.41 Å². The third-order valence-electron chi connectivity index (χ3n) is 6.23. The molecule has 27 heavy (non-hydrogen) atoms. The molecule has 4 heterocycles. The van der Waals surface area contributed by atoms with Gasteiger partial charge in [0.1, 0.15) is 0 Å². The summed E-state index contributed by atoms with van der Waals surface area (Å²) in [5, 5.41) is 15.2. The first-order chi connectivity index (χ1) is 12.9. The first kappa shape index (κ1) is 16.6. The van der Waals surface area contributed by atoms with Crippen molar-refractivity contribution in [1.29, 1.82) is 0 Å². The van der Waals surface area contributed by atoms with Crippen LogP contribution in [-0.4, -0.2) is 55.9 Å². The number of hydrogen-bond acceptors (Lipinski definition) is 5. The summed E-state index contributed by atoms with van der Waals surface area (Å²) in [6.45, 7) is 0.150. The number of nitrogens with zero attached hydrogens (tertiary/aromatic N) is 5. The van der Waals surface area contributed by atoms with Gasteiger partial charge >= 0.3 is 6.03 Å². The third-order valence-corrected chi connectivity index (χ3v) is 6.23. The molecular weight excluding hydrogens is 358 g/mol. The lowest BCUT2D eigenvalue weighted by molar-refractivity contribution is 0.0169. The van der Waals surface area contributed by atoms with Gasteiger partial charge in [-0.15, -0.1) is 15.3 Å². The van der Waals surface area contributed by atoms with Gasteiger partial charge in [0.25, 0.3) is 5.92 Å². The molecule has 2 aliphatic heterocycles. The van der Waals surface area contributed by atoms with Gasteiger partial charge in [-0.05, 0) is 31.7 Å². The molecule has 1 aliphatic carbocycles. The predicted molar refractivity (Wildman–Crippen MR) is 89.4 cm³/mol. The third kappa shape index (κ3) is 2.45. The molecule has 2 aromatic rings. The van der Waals surface area contributed by atoms with Crippen molar-refractivity contribution >= 4 is 11.7 Å². The van der Waals surface area contributed by atoms with Crippen LogP contribution >= 0.6 is 0 Å². The highest BCUT2D eigenvalue weighted by Crippen LogP contribution is 2.69. The second-order valence-electron chi connectivity index (χ2n) is 7.78. The fraction of sp³-hybridized carbons (Fsp3) is 0.647. The number of hydrogen-bond donors (Lipinski definition) is 1. The molecule has 1 saturated carbocycles. The van der Waals surface area contributed by atoms with E-state index in [1.807, 2.05) is 0 Å². The number of piperidine rings is 1. The zero-order chi connectivity index (χ0) is 18.8. The van der Waals surface area contributed by atoms with Crippen molar-refractivity contribution in [2.45, 2.75) is 56.7 Å². The van der Waals surface area contributed by atoms with Crippen LogP contribution in [0.25, 0.3) is 5.65 Å². The lowest BCUT2D eigenvalue weighted by Crippen LogP contribution is -2.52. The first-order valence-electron chi connectivity index (χ1n) is 9.12. The molecule has 1 N–H and O–H groups in total. The van der Waals surface area contributed by atoms with E-state index in [9.17, 15) is 13.6 Å². The number of halogens is 2. The van der Waals surface area contributed by atoms with E-state index in [2.05, 4.69) is 20.6 Å². The van der Waals surface area contributed by atoms with E-state index in [0.29, 0.717) is 30.2 Å². The maximum atomic E-state index is 13.8. The van der Waals surface area contributed by atoms with Gasteiger partial charge in [0.05, 0.1) is 13.7 Å². The van der Waals surface area contributed by atoms with E-state index >= 15 is 0 Å². The zero-order valence-electron chi connectivity index (χ0n) is 14.9. The lowest BCUT2D eigenvalue weighted by Gasteiger charge is -2.39. The van der Waals surface area contributed by atoms with Crippen LogP contribution in [0.3, 0.4) is 0 Å². The quantitative estimate of drug-likeness (QED) is 0.883. The van der Waals surface area contributed by atoms with Gasteiger partial charge in [-0.2, -0.15) is 4.52 Å². The maximum Gasteiger partial charge on any atom is 0.318 e. The Bertz CT molecular complexity index is 902. The average molecular weight is 378 g/mol. The number of ether oxygens (including phenoxy) is 1. The Balaban J connectivity index is 1.28. The van der Waals surface area contributed by atoms with Gasteiger partial charge in [0, 0.05) is 30.0 Å². The van der Waals surface area contributed by atoms with Crippen molar-refractivity contribution in [3.05, 3.63) is 18.0 Å². The standard InChI is InChI=1S/C17H20F2N6O2/c1-27-14-5-4-12-21-22-13(25(12)23-14)8-20-15(26)24-10-2-3-11(24)7-16(6-10)9-17(16,18)19/h4-5,10-11H,2-3,6-9H2,1H3,(H,20,26). The maximum absolute atomic E-state index is 13.8. The monoisotopic (exact) mass is 378 g/mol. The fourth-order valence-corrected chi connectivity index (χ4v) is 4.78. The highest BCUT2D eigenvalue weighted by atomic mass is 19.3. The minimum absolute atomic E-state index is 0.0261. The van der Waals surface area contributed by atoms with Crippen LogP contribution in [0.15, 0.2) is 12.1 Å². The van der Waals surface area contributed by atoms with E-state index in [1.165, 1.54) is 11.6 Å². The number of fused-ring (bicyclic) bond motifs is 3. The fourth-order valence-electron chi connectivity index (χ4n) is 4.78. The number of aromatic nitrogens is 4. The average Bonchev–Trinajstić information content (AvgIpc) is 2.94. The summed E-state index contributed by atoms with van der Waals surface area (Å²) >= 11 is 0. The molecule has 2 atom stereocenters. The van der Waals surface area contributed by atoms with Gasteiger partial charge in [0.2, 0.25) is 5.88 Å². The largest absolute Gasteiger partial charge is 0.480 e. The smallest absolute Gasteiger partial charge is 0.318 e. The number of methoxy groups -OCH3 is 1. The molecule has 3 aliphatic rings. The number of carbonyl (C=O) groups excluding carboxylic acids is 1. The van der Waals surface area contributed by atoms with Gasteiger partial charge in [-0.1, -0.05) is 0 Å². The Morgan fingerprint density at radius 2 is 2.00 bits per heavy atom. The van der Waals surface area contributed by atoms with E-state index < -0.39 is 11.3 Å². The first-order valence-corrected chi connectivity index (χ1v) is 9.12. The normalized spacial score (nSPS) is 30.7. The zero-order valence-corrected chi connectivity index (χ0v) is 14.9. The summed E-state index contributed by atoms with van der Waals surface area (Å²) in [5.41, 5.74) is -0.310. The minimum atomic E-state index is -2.55. The van der Waals surface area contributed by atoms with Crippen LogP contribution in [-0.2, 0) is 6.54 Å². The SMILES string of the molecule is COc1ccc2nnc(CNC(=O)N3C4CCC3CC3(C4)CC3(F)F)n2n1. The van der Waals surface area contributed by atoms with E-state index in [0.717, 1.165) is 12.8 Å². The molecule has 0 aromatic carbocycles. The molecule has 8 nitrogen and oxygen atoms in total. The van der Waals surface area contributed by atoms with Crippen molar-refractivity contribution in [3.8, 4) is 5.88 Å². The number of carbonyl (C=O) groups is 1. The Labute approximate surface area is 153 Å². The molecule has 5 rings (SSSR count). The molecular formula is C17H20F2N6O2. The molecule has 10 heteroatoms. The van der Waals surface area contributed by atoms with Gasteiger partial charge in [0.15, 0.2) is 11.5 Å². The second-order valence-corrected chi connectivity index (χ2v) is 7.78.